The third-order valence-corrected chi connectivity index (χ3v) is 7.12. The van der Waals surface area contributed by atoms with Crippen molar-refractivity contribution in [3.63, 3.8) is 0 Å². The molecule has 3 aliphatic rings. The molecule has 2 aliphatic heterocycles. The van der Waals surface area contributed by atoms with Crippen LogP contribution in [0.4, 0.5) is 5.69 Å². The summed E-state index contributed by atoms with van der Waals surface area (Å²) in [6.07, 6.45) is 9.01. The van der Waals surface area contributed by atoms with Gasteiger partial charge < -0.3 is 5.32 Å². The summed E-state index contributed by atoms with van der Waals surface area (Å²) in [4.78, 5) is 15.5. The van der Waals surface area contributed by atoms with Crippen LogP contribution >= 0.6 is 0 Å². The summed E-state index contributed by atoms with van der Waals surface area (Å²) in [6.45, 7) is 3.41. The lowest BCUT2D eigenvalue weighted by atomic mass is 9.68. The van der Waals surface area contributed by atoms with Gasteiger partial charge in [-0.3, -0.25) is 9.69 Å². The Morgan fingerprint density at radius 3 is 2.68 bits per heavy atom. The molecular weight excluding hydrogens is 344 g/mol. The number of carbonyl (C=O) groups is 1. The van der Waals surface area contributed by atoms with Gasteiger partial charge in [0.1, 0.15) is 0 Å². The molecule has 1 unspecified atom stereocenters. The number of aryl methyl sites for hydroxylation is 2. The molecule has 28 heavy (non-hydrogen) atoms. The fraction of sp³-hybridized carbons (Fsp3) is 0.480. The predicted molar refractivity (Wildman–Crippen MR) is 114 cm³/mol. The Bertz CT molecular complexity index is 890. The molecule has 146 valence electrons. The minimum atomic E-state index is -0.254. The molecule has 2 heterocycles. The van der Waals surface area contributed by atoms with Crippen LogP contribution in [0, 0.1) is 0 Å². The summed E-state index contributed by atoms with van der Waals surface area (Å²) in [5.74, 6) is 0.248. The fourth-order valence-corrected chi connectivity index (χ4v) is 5.74. The first-order valence-corrected chi connectivity index (χ1v) is 11.0. The molecule has 2 aromatic rings. The smallest absolute Gasteiger partial charge is 0.235 e. The van der Waals surface area contributed by atoms with Crippen molar-refractivity contribution >= 4 is 11.6 Å². The zero-order valence-corrected chi connectivity index (χ0v) is 16.7. The summed E-state index contributed by atoms with van der Waals surface area (Å²) in [5, 5.41) is 3.18. The summed E-state index contributed by atoms with van der Waals surface area (Å²) in [5.41, 5.74) is 6.57. The number of rotatable bonds is 5. The maximum absolute atomic E-state index is 12.9. The van der Waals surface area contributed by atoms with Gasteiger partial charge in [-0.25, -0.2) is 0 Å². The van der Waals surface area contributed by atoms with Gasteiger partial charge in [-0.15, -0.1) is 0 Å². The average molecular weight is 375 g/mol. The van der Waals surface area contributed by atoms with Crippen LogP contribution in [-0.2, 0) is 29.6 Å². The van der Waals surface area contributed by atoms with Crippen LogP contribution in [0.5, 0.6) is 0 Å². The highest BCUT2D eigenvalue weighted by Crippen LogP contribution is 2.49. The van der Waals surface area contributed by atoms with E-state index < -0.39 is 0 Å². The molecule has 2 aromatic carbocycles. The second-order valence-electron chi connectivity index (χ2n) is 8.83. The highest BCUT2D eigenvalue weighted by Gasteiger charge is 2.48. The van der Waals surface area contributed by atoms with Crippen LogP contribution in [0.2, 0.25) is 0 Å². The van der Waals surface area contributed by atoms with Crippen molar-refractivity contribution in [3.8, 4) is 0 Å². The quantitative estimate of drug-likeness (QED) is 0.760. The highest BCUT2D eigenvalue weighted by molar-refractivity contribution is 6.07. The summed E-state index contributed by atoms with van der Waals surface area (Å²) < 4.78 is 0. The van der Waals surface area contributed by atoms with Crippen LogP contribution < -0.4 is 5.32 Å². The molecule has 0 aromatic heterocycles. The maximum atomic E-state index is 12.9. The molecule has 5 rings (SSSR count). The zero-order valence-electron chi connectivity index (χ0n) is 16.7. The Balaban J connectivity index is 1.23. The number of hydrogen-bond acceptors (Lipinski definition) is 2. The number of fused-ring (bicyclic) bond motifs is 1. The lowest BCUT2D eigenvalue weighted by Gasteiger charge is -2.33. The van der Waals surface area contributed by atoms with Crippen LogP contribution in [0.3, 0.4) is 0 Å². The van der Waals surface area contributed by atoms with Crippen LogP contribution in [-0.4, -0.2) is 23.9 Å². The molecule has 0 bridgehead atoms. The monoisotopic (exact) mass is 374 g/mol. The molecule has 0 radical (unpaired) electrons. The van der Waals surface area contributed by atoms with E-state index in [-0.39, 0.29) is 11.3 Å². The number of amides is 1. The van der Waals surface area contributed by atoms with Crippen molar-refractivity contribution in [1.82, 2.24) is 4.90 Å². The van der Waals surface area contributed by atoms with Crippen LogP contribution in [0.15, 0.2) is 42.5 Å². The Morgan fingerprint density at radius 1 is 0.929 bits per heavy atom. The Kier molecular flexibility index (Phi) is 4.72. The number of unbranched alkanes of at least 4 members (excludes halogenated alkanes) is 1. The van der Waals surface area contributed by atoms with E-state index in [0.717, 1.165) is 50.9 Å². The fourth-order valence-electron chi connectivity index (χ4n) is 5.74. The molecule has 0 saturated heterocycles. The third-order valence-electron chi connectivity index (χ3n) is 7.12. The Labute approximate surface area is 168 Å². The van der Waals surface area contributed by atoms with E-state index in [9.17, 15) is 4.79 Å². The van der Waals surface area contributed by atoms with Crippen molar-refractivity contribution in [2.75, 3.05) is 18.4 Å². The van der Waals surface area contributed by atoms with Gasteiger partial charge >= 0.3 is 0 Å². The van der Waals surface area contributed by atoms with Gasteiger partial charge in [0.25, 0.3) is 0 Å². The van der Waals surface area contributed by atoms with E-state index in [2.05, 4.69) is 52.7 Å². The second-order valence-corrected chi connectivity index (χ2v) is 8.83. The van der Waals surface area contributed by atoms with E-state index in [0.29, 0.717) is 0 Å². The number of carbonyl (C=O) groups excluding carboxylic acids is 1. The first-order chi connectivity index (χ1) is 13.8. The van der Waals surface area contributed by atoms with Gasteiger partial charge in [-0.05, 0) is 86.4 Å². The minimum Gasteiger partial charge on any atom is -0.325 e. The third kappa shape index (κ3) is 3.06. The van der Waals surface area contributed by atoms with Crippen molar-refractivity contribution in [1.29, 1.82) is 0 Å². The number of hydrogen-bond donors (Lipinski definition) is 1. The van der Waals surface area contributed by atoms with E-state index >= 15 is 0 Å². The zero-order chi connectivity index (χ0) is 19.0. The van der Waals surface area contributed by atoms with E-state index in [1.807, 2.05) is 0 Å². The Hall–Kier alpha value is -2.13. The molecule has 1 N–H and O–H groups in total. The molecule has 1 amide bonds. The standard InChI is InChI=1S/C25H30N2O/c28-24-25(15-6-11-20-10-5-13-22(26-24)23(20)25)14-3-4-16-27-17-7-12-19-8-1-2-9-21(19)18-27/h1-2,5,8-10,13H,3-4,6-7,11-12,14-18H2,(H,26,28). The number of anilines is 1. The van der Waals surface area contributed by atoms with Gasteiger partial charge in [-0.1, -0.05) is 42.8 Å². The van der Waals surface area contributed by atoms with Gasteiger partial charge in [0.15, 0.2) is 0 Å². The van der Waals surface area contributed by atoms with Gasteiger partial charge in [0, 0.05) is 12.2 Å². The predicted octanol–water partition coefficient (Wildman–Crippen LogP) is 4.83. The lowest BCUT2D eigenvalue weighted by Crippen LogP contribution is -2.37. The van der Waals surface area contributed by atoms with Crippen molar-refractivity contribution in [2.45, 2.75) is 63.3 Å². The van der Waals surface area contributed by atoms with Gasteiger partial charge in [0.2, 0.25) is 5.91 Å². The minimum absolute atomic E-state index is 0.248. The van der Waals surface area contributed by atoms with Crippen LogP contribution in [0.25, 0.3) is 0 Å². The van der Waals surface area contributed by atoms with E-state index in [1.165, 1.54) is 48.1 Å². The number of benzene rings is 2. The molecule has 1 atom stereocenters. The first-order valence-electron chi connectivity index (χ1n) is 11.0. The molecule has 0 fully saturated rings. The summed E-state index contributed by atoms with van der Waals surface area (Å²) in [6, 6.07) is 15.3. The van der Waals surface area contributed by atoms with E-state index in [4.69, 9.17) is 0 Å². The molecule has 3 heteroatoms. The molecule has 3 nitrogen and oxygen atoms in total. The normalized spacial score (nSPS) is 23.6. The van der Waals surface area contributed by atoms with Crippen molar-refractivity contribution < 1.29 is 4.79 Å². The number of nitrogens with one attached hydrogen (secondary N) is 1. The maximum Gasteiger partial charge on any atom is 0.235 e. The lowest BCUT2D eigenvalue weighted by molar-refractivity contribution is -0.121. The van der Waals surface area contributed by atoms with Crippen LogP contribution in [0.1, 0.15) is 60.8 Å². The summed E-state index contributed by atoms with van der Waals surface area (Å²) in [7, 11) is 0. The van der Waals surface area contributed by atoms with Crippen molar-refractivity contribution in [2.24, 2.45) is 0 Å². The molecule has 0 spiro atoms. The SMILES string of the molecule is O=C1Nc2cccc3c2C1(CCCCN1CCCc2ccccc2C1)CCC3. The first kappa shape index (κ1) is 17.9. The molecule has 1 aliphatic carbocycles. The highest BCUT2D eigenvalue weighted by atomic mass is 16.2. The summed E-state index contributed by atoms with van der Waals surface area (Å²) >= 11 is 0. The van der Waals surface area contributed by atoms with Gasteiger partial charge in [0.05, 0.1) is 5.41 Å². The second kappa shape index (κ2) is 7.36. The molecular formula is C25H30N2O. The van der Waals surface area contributed by atoms with E-state index in [1.54, 1.807) is 0 Å². The largest absolute Gasteiger partial charge is 0.325 e. The number of nitrogens with zero attached hydrogens (tertiary/aromatic N) is 1. The van der Waals surface area contributed by atoms with Crippen molar-refractivity contribution in [3.05, 3.63) is 64.7 Å². The molecule has 0 saturated carbocycles. The average Bonchev–Trinajstić information content (AvgIpc) is 2.87. The van der Waals surface area contributed by atoms with Gasteiger partial charge in [-0.2, -0.15) is 0 Å². The topological polar surface area (TPSA) is 32.3 Å². The Morgan fingerprint density at radius 2 is 1.75 bits per heavy atom.